The molecule has 44 heavy (non-hydrogen) atoms. The number of nitrogens with one attached hydrogen (secondary N) is 3. The van der Waals surface area contributed by atoms with Gasteiger partial charge in [0.05, 0.1) is 30.1 Å². The lowest BCUT2D eigenvalue weighted by atomic mass is 9.94. The second-order valence-corrected chi connectivity index (χ2v) is 11.8. The van der Waals surface area contributed by atoms with Crippen LogP contribution in [0.4, 0.5) is 24.5 Å². The van der Waals surface area contributed by atoms with Gasteiger partial charge in [-0.1, -0.05) is 13.3 Å². The van der Waals surface area contributed by atoms with Crippen molar-refractivity contribution in [2.24, 2.45) is 0 Å². The summed E-state index contributed by atoms with van der Waals surface area (Å²) in [4.78, 5) is 33.2. The van der Waals surface area contributed by atoms with Crippen molar-refractivity contribution in [2.75, 3.05) is 23.5 Å². The molecule has 234 valence electrons. The first-order valence-corrected chi connectivity index (χ1v) is 14.6. The number of nitrogens with zero attached hydrogens (tertiary/aromatic N) is 5. The second kappa shape index (κ2) is 11.6. The van der Waals surface area contributed by atoms with Gasteiger partial charge in [-0.05, 0) is 63.7 Å². The maximum atomic E-state index is 13.7. The number of anilines is 2. The molecule has 2 amide bonds. The molecule has 3 aliphatic heterocycles. The van der Waals surface area contributed by atoms with Crippen molar-refractivity contribution in [1.82, 2.24) is 26.1 Å². The first-order chi connectivity index (χ1) is 20.7. The lowest BCUT2D eigenvalue weighted by Crippen LogP contribution is -2.62. The molecule has 1 aromatic heterocycles. The molecule has 4 atom stereocenters. The van der Waals surface area contributed by atoms with Gasteiger partial charge >= 0.3 is 6.18 Å². The van der Waals surface area contributed by atoms with Crippen LogP contribution in [0, 0.1) is 11.3 Å². The number of alkyl halides is 3. The molecule has 0 saturated carbocycles. The molecule has 0 spiro atoms. The van der Waals surface area contributed by atoms with Crippen molar-refractivity contribution in [2.45, 2.75) is 76.5 Å². The summed E-state index contributed by atoms with van der Waals surface area (Å²) in [5, 5.41) is 17.5. The Hall–Kier alpha value is -3.84. The van der Waals surface area contributed by atoms with E-state index in [1.165, 1.54) is 6.07 Å². The predicted molar refractivity (Wildman–Crippen MR) is 159 cm³/mol. The number of aromatic nitrogens is 1. The minimum atomic E-state index is -4.87. The fourth-order valence-corrected chi connectivity index (χ4v) is 6.66. The average molecular weight is 631 g/mol. The van der Waals surface area contributed by atoms with Gasteiger partial charge in [-0.3, -0.25) is 19.8 Å². The van der Waals surface area contributed by atoms with E-state index >= 15 is 0 Å². The maximum absolute atomic E-state index is 13.7. The highest BCUT2D eigenvalue weighted by atomic mass is 32.1. The van der Waals surface area contributed by atoms with Gasteiger partial charge in [0.1, 0.15) is 29.6 Å². The third kappa shape index (κ3) is 5.25. The van der Waals surface area contributed by atoms with Crippen LogP contribution in [-0.2, 0) is 15.8 Å². The number of fused-ring (bicyclic) bond motifs is 1. The Morgan fingerprint density at radius 1 is 1.18 bits per heavy atom. The highest BCUT2D eigenvalue weighted by Gasteiger charge is 2.52. The molecular weight excluding hydrogens is 597 g/mol. The third-order valence-corrected chi connectivity index (χ3v) is 8.51. The van der Waals surface area contributed by atoms with Gasteiger partial charge in [-0.2, -0.15) is 18.4 Å². The van der Waals surface area contributed by atoms with E-state index in [2.05, 4.69) is 28.0 Å². The van der Waals surface area contributed by atoms with Crippen molar-refractivity contribution < 1.29 is 27.5 Å². The van der Waals surface area contributed by atoms with Crippen molar-refractivity contribution in [3.8, 4) is 11.8 Å². The van der Waals surface area contributed by atoms with Crippen LogP contribution in [0.15, 0.2) is 30.5 Å². The highest BCUT2D eigenvalue weighted by molar-refractivity contribution is 7.81. The largest absolute Gasteiger partial charge is 0.493 e. The van der Waals surface area contributed by atoms with Gasteiger partial charge < -0.3 is 15.0 Å². The maximum Gasteiger partial charge on any atom is 0.419 e. The topological polar surface area (TPSA) is 126 Å². The molecule has 3 N–H and O–H groups in total. The predicted octanol–water partition coefficient (Wildman–Crippen LogP) is 3.36. The van der Waals surface area contributed by atoms with Gasteiger partial charge in [0.2, 0.25) is 5.91 Å². The van der Waals surface area contributed by atoms with E-state index in [4.69, 9.17) is 22.2 Å². The van der Waals surface area contributed by atoms with Crippen molar-refractivity contribution >= 4 is 40.5 Å². The van der Waals surface area contributed by atoms with Crippen LogP contribution >= 0.6 is 12.2 Å². The van der Waals surface area contributed by atoms with Crippen molar-refractivity contribution in [3.05, 3.63) is 47.3 Å². The molecule has 0 radical (unpaired) electrons. The molecular formula is C29H33F3N8O3S. The van der Waals surface area contributed by atoms with Crippen LogP contribution in [0.25, 0.3) is 0 Å². The molecule has 4 heterocycles. The molecule has 15 heteroatoms. The molecule has 2 aromatic rings. The number of amides is 2. The zero-order chi connectivity index (χ0) is 32.1. The summed E-state index contributed by atoms with van der Waals surface area (Å²) in [6, 6.07) is 6.75. The molecule has 3 fully saturated rings. The Bertz CT molecular complexity index is 1540. The summed E-state index contributed by atoms with van der Waals surface area (Å²) in [5.41, 5.74) is 0.854. The number of hydrogen-bond donors (Lipinski definition) is 3. The van der Waals surface area contributed by atoms with E-state index < -0.39 is 41.1 Å². The molecule has 1 aromatic carbocycles. The molecule has 3 aliphatic rings. The lowest BCUT2D eigenvalue weighted by molar-refractivity contribution is -0.138. The number of nitriles is 1. The van der Waals surface area contributed by atoms with Gasteiger partial charge in [-0.15, -0.1) is 0 Å². The van der Waals surface area contributed by atoms with Gasteiger partial charge in [0.25, 0.3) is 5.91 Å². The van der Waals surface area contributed by atoms with E-state index in [1.807, 2.05) is 19.0 Å². The quantitative estimate of drug-likeness (QED) is 0.392. The van der Waals surface area contributed by atoms with Crippen LogP contribution < -0.4 is 30.6 Å². The average Bonchev–Trinajstić information content (AvgIpc) is 3.37. The lowest BCUT2D eigenvalue weighted by Gasteiger charge is -2.37. The molecule has 3 saturated heterocycles. The van der Waals surface area contributed by atoms with Crippen LogP contribution in [-0.4, -0.2) is 64.2 Å². The number of benzene rings is 1. The number of ether oxygens (including phenoxy) is 1. The van der Waals surface area contributed by atoms with Gasteiger partial charge in [0, 0.05) is 24.3 Å². The smallest absolute Gasteiger partial charge is 0.419 e. The standard InChI is InChI=1S/C29H33F3N8O3S/c1-6-8-19-22-23(38(5)37-19)25(41)36-24(35-22)17-11-15(9-10-21(17)43-7-2)40-27(44)39(26(42)28(40,3)4)16-12-18(29(30,31)32)20(13-33)34-14-16/h9-12,14,19,22-24,35,37H,6-8H2,1-5H3,(H,36,41). The van der Waals surface area contributed by atoms with Crippen molar-refractivity contribution in [3.63, 3.8) is 0 Å². The van der Waals surface area contributed by atoms with Gasteiger partial charge in [-0.25, -0.2) is 15.4 Å². The monoisotopic (exact) mass is 630 g/mol. The molecule has 5 rings (SSSR count). The summed E-state index contributed by atoms with van der Waals surface area (Å²) in [5.74, 6) is -0.226. The van der Waals surface area contributed by atoms with E-state index in [0.717, 1.165) is 23.9 Å². The number of pyridine rings is 1. The molecule has 0 bridgehead atoms. The van der Waals surface area contributed by atoms with Crippen molar-refractivity contribution in [1.29, 1.82) is 5.26 Å². The summed E-state index contributed by atoms with van der Waals surface area (Å²) in [6.07, 6.45) is -2.70. The Morgan fingerprint density at radius 2 is 1.91 bits per heavy atom. The number of hydrazine groups is 1. The number of carbonyl (C=O) groups excluding carboxylic acids is 2. The Balaban J connectivity index is 1.54. The summed E-state index contributed by atoms with van der Waals surface area (Å²) >= 11 is 5.70. The summed E-state index contributed by atoms with van der Waals surface area (Å²) in [6.45, 7) is 7.49. The minimum absolute atomic E-state index is 0.0289. The summed E-state index contributed by atoms with van der Waals surface area (Å²) in [7, 11) is 1.83. The van der Waals surface area contributed by atoms with E-state index in [-0.39, 0.29) is 28.8 Å². The minimum Gasteiger partial charge on any atom is -0.493 e. The number of thiocarbonyl (C=S) groups is 1. The molecule has 0 aliphatic carbocycles. The SMILES string of the molecule is CCCC1NN(C)C2C(=O)NC(c3cc(N4C(=S)N(c5cnc(C#N)c(C(F)(F)F)c5)C(=O)C4(C)C)ccc3OCC)NC12. The number of rotatable bonds is 7. The first kappa shape index (κ1) is 31.6. The Morgan fingerprint density at radius 3 is 2.55 bits per heavy atom. The highest BCUT2D eigenvalue weighted by Crippen LogP contribution is 2.41. The number of likely N-dealkylation sites (N-methyl/N-ethyl adjacent to an activating group) is 1. The van der Waals surface area contributed by atoms with Crippen LogP contribution in [0.5, 0.6) is 5.75 Å². The van der Waals surface area contributed by atoms with Crippen LogP contribution in [0.2, 0.25) is 0 Å². The third-order valence-electron chi connectivity index (χ3n) is 8.15. The number of carbonyl (C=O) groups is 2. The molecule has 11 nitrogen and oxygen atoms in total. The normalized spacial score (nSPS) is 25.2. The van der Waals surface area contributed by atoms with Gasteiger partial charge in [0.15, 0.2) is 10.8 Å². The number of halogens is 3. The van der Waals surface area contributed by atoms with Crippen LogP contribution in [0.3, 0.4) is 0 Å². The van der Waals surface area contributed by atoms with E-state index in [0.29, 0.717) is 29.7 Å². The zero-order valence-corrected chi connectivity index (χ0v) is 25.6. The van der Waals surface area contributed by atoms with E-state index in [1.54, 1.807) is 36.9 Å². The van der Waals surface area contributed by atoms with E-state index in [9.17, 15) is 22.8 Å². The second-order valence-electron chi connectivity index (χ2n) is 11.4. The number of hydrogen-bond acceptors (Lipinski definition) is 9. The Kier molecular flexibility index (Phi) is 8.31. The summed E-state index contributed by atoms with van der Waals surface area (Å²) < 4.78 is 47.1. The molecule has 4 unspecified atom stereocenters. The fraction of sp³-hybridized carbons (Fsp3) is 0.483. The fourth-order valence-electron chi connectivity index (χ4n) is 6.14. The first-order valence-electron chi connectivity index (χ1n) is 14.2. The Labute approximate surface area is 258 Å². The van der Waals surface area contributed by atoms with Crippen LogP contribution in [0.1, 0.15) is 63.5 Å². The zero-order valence-electron chi connectivity index (χ0n) is 24.8.